The summed E-state index contributed by atoms with van der Waals surface area (Å²) in [4.78, 5) is 16.1. The van der Waals surface area contributed by atoms with Crippen molar-refractivity contribution >= 4 is 5.91 Å². The molecule has 1 unspecified atom stereocenters. The van der Waals surface area contributed by atoms with E-state index in [1.165, 1.54) is 0 Å². The molecule has 0 saturated heterocycles. The zero-order valence-corrected chi connectivity index (χ0v) is 14.1. The Bertz CT molecular complexity index is 801. The van der Waals surface area contributed by atoms with Crippen LogP contribution in [0.5, 0.6) is 5.75 Å². The number of amides is 1. The topological polar surface area (TPSA) is 56.1 Å². The summed E-state index contributed by atoms with van der Waals surface area (Å²) in [7, 11) is 0. The fourth-order valence-corrected chi connectivity index (χ4v) is 2.57. The van der Waals surface area contributed by atoms with E-state index in [4.69, 9.17) is 4.74 Å². The van der Waals surface area contributed by atoms with Gasteiger partial charge in [0.2, 0.25) is 5.91 Å². The second kappa shape index (κ2) is 8.15. The molecule has 1 aromatic heterocycles. The zero-order chi connectivity index (χ0) is 17.5. The van der Waals surface area contributed by atoms with Crippen LogP contribution in [0.15, 0.2) is 73.3 Å². The Morgan fingerprint density at radius 2 is 1.92 bits per heavy atom. The van der Waals surface area contributed by atoms with Gasteiger partial charge < -0.3 is 14.6 Å². The summed E-state index contributed by atoms with van der Waals surface area (Å²) in [6.45, 7) is 2.69. The molecule has 0 radical (unpaired) electrons. The van der Waals surface area contributed by atoms with Gasteiger partial charge in [-0.3, -0.25) is 4.79 Å². The lowest BCUT2D eigenvalue weighted by molar-refractivity contribution is -0.123. The highest BCUT2D eigenvalue weighted by atomic mass is 16.5. The summed E-state index contributed by atoms with van der Waals surface area (Å²) < 4.78 is 7.64. The van der Waals surface area contributed by atoms with Gasteiger partial charge in [-0.2, -0.15) is 0 Å². The predicted molar refractivity (Wildman–Crippen MR) is 97.3 cm³/mol. The van der Waals surface area contributed by atoms with Gasteiger partial charge in [0.25, 0.3) is 0 Å². The van der Waals surface area contributed by atoms with Gasteiger partial charge in [-0.1, -0.05) is 48.5 Å². The van der Waals surface area contributed by atoms with Crippen LogP contribution in [0, 0.1) is 0 Å². The number of para-hydroxylation sites is 1. The zero-order valence-electron chi connectivity index (χ0n) is 14.1. The Hall–Kier alpha value is -3.08. The molecular weight excluding hydrogens is 314 g/mol. The number of ether oxygens (including phenoxy) is 1. The van der Waals surface area contributed by atoms with Gasteiger partial charge in [-0.05, 0) is 18.6 Å². The third-order valence-corrected chi connectivity index (χ3v) is 3.98. The largest absolute Gasteiger partial charge is 0.491 e. The standard InChI is InChI=1S/C20H21N3O2/c1-16(23-13-11-21-15-23)20(24)22-12-14-25-19-10-6-5-9-18(19)17-7-3-2-4-8-17/h2-11,13,15-16H,12,14H2,1H3,(H,22,24). The van der Waals surface area contributed by atoms with E-state index in [0.29, 0.717) is 13.2 Å². The van der Waals surface area contributed by atoms with Crippen LogP contribution in [-0.4, -0.2) is 28.6 Å². The molecule has 0 saturated carbocycles. The Labute approximate surface area is 147 Å². The molecule has 2 aromatic carbocycles. The van der Waals surface area contributed by atoms with Gasteiger partial charge in [-0.15, -0.1) is 0 Å². The maximum absolute atomic E-state index is 12.1. The highest BCUT2D eigenvalue weighted by Crippen LogP contribution is 2.29. The summed E-state index contributed by atoms with van der Waals surface area (Å²) in [5.74, 6) is 0.753. The minimum absolute atomic E-state index is 0.0575. The molecule has 0 aliphatic carbocycles. The summed E-state index contributed by atoms with van der Waals surface area (Å²) in [5, 5.41) is 2.89. The van der Waals surface area contributed by atoms with Crippen LogP contribution in [0.2, 0.25) is 0 Å². The van der Waals surface area contributed by atoms with E-state index in [9.17, 15) is 4.79 Å². The molecule has 1 amide bonds. The molecule has 0 fully saturated rings. The van der Waals surface area contributed by atoms with Crippen LogP contribution in [0.3, 0.4) is 0 Å². The van der Waals surface area contributed by atoms with Gasteiger partial charge in [0.1, 0.15) is 18.4 Å². The lowest BCUT2D eigenvalue weighted by Crippen LogP contribution is -2.33. The number of nitrogens with zero attached hydrogens (tertiary/aromatic N) is 2. The first-order chi connectivity index (χ1) is 12.3. The highest BCUT2D eigenvalue weighted by Gasteiger charge is 2.13. The van der Waals surface area contributed by atoms with Crippen LogP contribution in [0.4, 0.5) is 0 Å². The monoisotopic (exact) mass is 335 g/mol. The summed E-state index contributed by atoms with van der Waals surface area (Å²) in [6, 6.07) is 17.7. The molecule has 0 aliphatic rings. The number of nitrogens with one attached hydrogen (secondary N) is 1. The number of hydrogen-bond acceptors (Lipinski definition) is 3. The van der Waals surface area contributed by atoms with Crippen molar-refractivity contribution < 1.29 is 9.53 Å². The molecule has 25 heavy (non-hydrogen) atoms. The lowest BCUT2D eigenvalue weighted by atomic mass is 10.1. The van der Waals surface area contributed by atoms with Crippen molar-refractivity contribution in [1.29, 1.82) is 0 Å². The first-order valence-electron chi connectivity index (χ1n) is 8.28. The quantitative estimate of drug-likeness (QED) is 0.674. The molecule has 128 valence electrons. The average molecular weight is 335 g/mol. The molecule has 1 N–H and O–H groups in total. The molecule has 5 nitrogen and oxygen atoms in total. The molecule has 1 atom stereocenters. The van der Waals surface area contributed by atoms with Crippen LogP contribution in [-0.2, 0) is 4.79 Å². The number of imidazole rings is 1. The van der Waals surface area contributed by atoms with Crippen molar-refractivity contribution in [1.82, 2.24) is 14.9 Å². The number of carbonyl (C=O) groups is 1. The first-order valence-corrected chi connectivity index (χ1v) is 8.28. The Morgan fingerprint density at radius 3 is 2.68 bits per heavy atom. The van der Waals surface area contributed by atoms with E-state index in [-0.39, 0.29) is 11.9 Å². The van der Waals surface area contributed by atoms with Gasteiger partial charge in [-0.25, -0.2) is 4.98 Å². The predicted octanol–water partition coefficient (Wildman–Crippen LogP) is 3.31. The fraction of sp³-hybridized carbons (Fsp3) is 0.200. The molecular formula is C20H21N3O2. The Morgan fingerprint density at radius 1 is 1.16 bits per heavy atom. The van der Waals surface area contributed by atoms with Crippen molar-refractivity contribution in [2.75, 3.05) is 13.2 Å². The van der Waals surface area contributed by atoms with Crippen LogP contribution < -0.4 is 10.1 Å². The summed E-state index contributed by atoms with van der Waals surface area (Å²) in [6.07, 6.45) is 5.07. The Kier molecular flexibility index (Phi) is 5.46. The van der Waals surface area contributed by atoms with Gasteiger partial charge in [0.05, 0.1) is 12.9 Å². The Balaban J connectivity index is 1.54. The molecule has 0 aliphatic heterocycles. The minimum atomic E-state index is -0.292. The maximum Gasteiger partial charge on any atom is 0.242 e. The minimum Gasteiger partial charge on any atom is -0.491 e. The fourth-order valence-electron chi connectivity index (χ4n) is 2.57. The lowest BCUT2D eigenvalue weighted by Gasteiger charge is -2.15. The van der Waals surface area contributed by atoms with Crippen molar-refractivity contribution in [2.24, 2.45) is 0 Å². The average Bonchev–Trinajstić information content (AvgIpc) is 3.20. The van der Waals surface area contributed by atoms with E-state index in [1.54, 1.807) is 23.3 Å². The number of hydrogen-bond donors (Lipinski definition) is 1. The third kappa shape index (κ3) is 4.26. The number of aromatic nitrogens is 2. The molecule has 1 heterocycles. The van der Waals surface area contributed by atoms with E-state index in [1.807, 2.05) is 49.4 Å². The summed E-state index contributed by atoms with van der Waals surface area (Å²) in [5.41, 5.74) is 2.15. The maximum atomic E-state index is 12.1. The van der Waals surface area contributed by atoms with Crippen molar-refractivity contribution in [3.05, 3.63) is 73.3 Å². The van der Waals surface area contributed by atoms with Crippen LogP contribution in [0.25, 0.3) is 11.1 Å². The van der Waals surface area contributed by atoms with Crippen LogP contribution in [0.1, 0.15) is 13.0 Å². The second-order valence-corrected chi connectivity index (χ2v) is 5.69. The third-order valence-electron chi connectivity index (χ3n) is 3.98. The van der Waals surface area contributed by atoms with Gasteiger partial charge in [0, 0.05) is 18.0 Å². The van der Waals surface area contributed by atoms with Gasteiger partial charge >= 0.3 is 0 Å². The molecule has 0 spiro atoms. The number of benzene rings is 2. The molecule has 3 rings (SSSR count). The molecule has 0 bridgehead atoms. The van der Waals surface area contributed by atoms with Crippen molar-refractivity contribution in [3.8, 4) is 16.9 Å². The van der Waals surface area contributed by atoms with E-state index < -0.39 is 0 Å². The van der Waals surface area contributed by atoms with E-state index in [0.717, 1.165) is 16.9 Å². The van der Waals surface area contributed by atoms with Crippen LogP contribution >= 0.6 is 0 Å². The second-order valence-electron chi connectivity index (χ2n) is 5.69. The van der Waals surface area contributed by atoms with Gasteiger partial charge in [0.15, 0.2) is 0 Å². The SMILES string of the molecule is CC(C(=O)NCCOc1ccccc1-c1ccccc1)n1ccnc1. The highest BCUT2D eigenvalue weighted by molar-refractivity contribution is 5.79. The molecule has 3 aromatic rings. The van der Waals surface area contributed by atoms with Crippen molar-refractivity contribution in [3.63, 3.8) is 0 Å². The number of rotatable bonds is 7. The molecule has 5 heteroatoms. The first kappa shape index (κ1) is 16.8. The summed E-state index contributed by atoms with van der Waals surface area (Å²) >= 11 is 0. The smallest absolute Gasteiger partial charge is 0.242 e. The van der Waals surface area contributed by atoms with E-state index >= 15 is 0 Å². The van der Waals surface area contributed by atoms with Crippen molar-refractivity contribution in [2.45, 2.75) is 13.0 Å². The van der Waals surface area contributed by atoms with E-state index in [2.05, 4.69) is 22.4 Å². The normalized spacial score (nSPS) is 11.7. The number of carbonyl (C=O) groups excluding carboxylic acids is 1.